The Morgan fingerprint density at radius 3 is 2.82 bits per heavy atom. The summed E-state index contributed by atoms with van der Waals surface area (Å²) in [6.07, 6.45) is 0.506. The van der Waals surface area contributed by atoms with Gasteiger partial charge in [-0.2, -0.15) is 5.10 Å². The summed E-state index contributed by atoms with van der Waals surface area (Å²) in [4.78, 5) is 0. The van der Waals surface area contributed by atoms with Gasteiger partial charge in [-0.1, -0.05) is 0 Å². The first-order chi connectivity index (χ1) is 5.24. The average Bonchev–Trinajstić information content (AvgIpc) is 1.98. The van der Waals surface area contributed by atoms with Crippen LogP contribution in [0.4, 0.5) is 5.82 Å². The lowest BCUT2D eigenvalue weighted by atomic mass is 10.3. The largest absolute Gasteiger partial charge is 0.396 e. The molecule has 11 heavy (non-hydrogen) atoms. The van der Waals surface area contributed by atoms with Crippen molar-refractivity contribution in [2.24, 2.45) is 0 Å². The first kappa shape index (κ1) is 8.42. The molecule has 0 fully saturated rings. The molecule has 1 rings (SSSR count). The second kappa shape index (κ2) is 3.64. The van der Waals surface area contributed by atoms with Crippen molar-refractivity contribution in [1.82, 2.24) is 10.2 Å². The molecule has 0 spiro atoms. The fraction of sp³-hybridized carbons (Fsp3) is 0.333. The van der Waals surface area contributed by atoms with Gasteiger partial charge in [-0.15, -0.1) is 5.10 Å². The third kappa shape index (κ3) is 2.13. The molecule has 0 aliphatic rings. The summed E-state index contributed by atoms with van der Waals surface area (Å²) in [5, 5.41) is 16.0. The minimum atomic E-state index is 0.0744. The highest BCUT2D eigenvalue weighted by atomic mass is 79.9. The van der Waals surface area contributed by atoms with Crippen LogP contribution in [-0.2, 0) is 6.42 Å². The normalized spacial score (nSPS) is 10.0. The van der Waals surface area contributed by atoms with Gasteiger partial charge in [0.25, 0.3) is 0 Å². The Kier molecular flexibility index (Phi) is 2.78. The molecule has 0 saturated heterocycles. The smallest absolute Gasteiger partial charge is 0.160 e. The molecule has 0 aliphatic carbocycles. The highest BCUT2D eigenvalue weighted by molar-refractivity contribution is 9.10. The first-order valence-electron chi connectivity index (χ1n) is 3.12. The summed E-state index contributed by atoms with van der Waals surface area (Å²) in [5.74, 6) is 0.367. The van der Waals surface area contributed by atoms with Crippen molar-refractivity contribution in [2.75, 3.05) is 12.3 Å². The molecule has 0 atom stereocenters. The van der Waals surface area contributed by atoms with Gasteiger partial charge in [0.1, 0.15) is 0 Å². The fourth-order valence-electron chi connectivity index (χ4n) is 0.652. The molecular formula is C6H8BrN3O. The topological polar surface area (TPSA) is 72.0 Å². The fourth-order valence-corrected chi connectivity index (χ4v) is 0.995. The Bertz CT molecular complexity index is 254. The number of nitrogen functional groups attached to an aromatic ring is 1. The van der Waals surface area contributed by atoms with Crippen molar-refractivity contribution < 1.29 is 5.11 Å². The van der Waals surface area contributed by atoms with Crippen LogP contribution < -0.4 is 5.73 Å². The monoisotopic (exact) mass is 217 g/mol. The number of rotatable bonds is 2. The number of halogens is 1. The molecule has 4 nitrogen and oxygen atoms in total. The van der Waals surface area contributed by atoms with E-state index in [4.69, 9.17) is 10.8 Å². The van der Waals surface area contributed by atoms with Gasteiger partial charge in [0.05, 0.1) is 10.2 Å². The lowest BCUT2D eigenvalue weighted by Crippen LogP contribution is -2.00. The Labute approximate surface area is 72.6 Å². The van der Waals surface area contributed by atoms with E-state index in [2.05, 4.69) is 26.1 Å². The predicted octanol–water partition coefficient (Wildman–Crippen LogP) is 0.356. The van der Waals surface area contributed by atoms with Crippen molar-refractivity contribution in [3.63, 3.8) is 0 Å². The lowest BCUT2D eigenvalue weighted by Gasteiger charge is -1.98. The Morgan fingerprint density at radius 2 is 2.27 bits per heavy atom. The molecule has 0 unspecified atom stereocenters. The molecule has 0 aliphatic heterocycles. The maximum atomic E-state index is 8.57. The maximum absolute atomic E-state index is 8.57. The number of aliphatic hydroxyl groups is 1. The molecule has 1 aromatic heterocycles. The number of nitrogens with zero attached hydrogens (tertiary/aromatic N) is 2. The van der Waals surface area contributed by atoms with Gasteiger partial charge in [0, 0.05) is 13.0 Å². The standard InChI is InChI=1S/C6H8BrN3O/c7-5-3-4(1-2-11)9-10-6(5)8/h3,11H,1-2H2,(H2,8,10). The number of nitrogens with two attached hydrogens (primary N) is 1. The highest BCUT2D eigenvalue weighted by Gasteiger charge is 1.99. The zero-order chi connectivity index (χ0) is 8.27. The first-order valence-corrected chi connectivity index (χ1v) is 3.92. The molecule has 0 saturated carbocycles. The van der Waals surface area contributed by atoms with Crippen LogP contribution in [0, 0.1) is 0 Å². The molecular weight excluding hydrogens is 210 g/mol. The van der Waals surface area contributed by atoms with Gasteiger partial charge in [-0.3, -0.25) is 0 Å². The Balaban J connectivity index is 2.86. The third-order valence-electron chi connectivity index (χ3n) is 1.19. The van der Waals surface area contributed by atoms with Gasteiger partial charge in [0.2, 0.25) is 0 Å². The van der Waals surface area contributed by atoms with Crippen molar-refractivity contribution in [2.45, 2.75) is 6.42 Å². The molecule has 0 radical (unpaired) electrons. The van der Waals surface area contributed by atoms with Crippen molar-refractivity contribution in [1.29, 1.82) is 0 Å². The van der Waals surface area contributed by atoms with Crippen LogP contribution in [0.15, 0.2) is 10.5 Å². The van der Waals surface area contributed by atoms with E-state index in [1.807, 2.05) is 0 Å². The van der Waals surface area contributed by atoms with Crippen LogP contribution in [0.1, 0.15) is 5.69 Å². The number of hydrogen-bond acceptors (Lipinski definition) is 4. The van der Waals surface area contributed by atoms with Crippen LogP contribution in [0.25, 0.3) is 0 Å². The zero-order valence-electron chi connectivity index (χ0n) is 5.79. The predicted molar refractivity (Wildman–Crippen MR) is 44.9 cm³/mol. The van der Waals surface area contributed by atoms with Crippen molar-refractivity contribution in [3.8, 4) is 0 Å². The molecule has 0 bridgehead atoms. The summed E-state index contributed by atoms with van der Waals surface area (Å²) in [7, 11) is 0. The van der Waals surface area contributed by atoms with Gasteiger partial charge in [0.15, 0.2) is 5.82 Å². The van der Waals surface area contributed by atoms with Crippen molar-refractivity contribution in [3.05, 3.63) is 16.2 Å². The van der Waals surface area contributed by atoms with Crippen molar-refractivity contribution >= 4 is 21.7 Å². The van der Waals surface area contributed by atoms with Gasteiger partial charge in [-0.05, 0) is 22.0 Å². The van der Waals surface area contributed by atoms with Crippen LogP contribution in [0.5, 0.6) is 0 Å². The van der Waals surface area contributed by atoms with E-state index in [0.29, 0.717) is 12.2 Å². The van der Waals surface area contributed by atoms with E-state index < -0.39 is 0 Å². The number of hydrogen-bond donors (Lipinski definition) is 2. The van der Waals surface area contributed by atoms with E-state index in [-0.39, 0.29) is 6.61 Å². The van der Waals surface area contributed by atoms with Crippen LogP contribution >= 0.6 is 15.9 Å². The summed E-state index contributed by atoms with van der Waals surface area (Å²) in [5.41, 5.74) is 6.13. The summed E-state index contributed by atoms with van der Waals surface area (Å²) >= 11 is 3.21. The summed E-state index contributed by atoms with van der Waals surface area (Å²) in [6.45, 7) is 0.0744. The molecule has 3 N–H and O–H groups in total. The van der Waals surface area contributed by atoms with Crippen LogP contribution in [0.2, 0.25) is 0 Å². The SMILES string of the molecule is Nc1nnc(CCO)cc1Br. The lowest BCUT2D eigenvalue weighted by molar-refractivity contribution is 0.298. The second-order valence-electron chi connectivity index (χ2n) is 2.04. The molecule has 1 heterocycles. The van der Waals surface area contributed by atoms with E-state index in [0.717, 1.165) is 10.2 Å². The number of anilines is 1. The van der Waals surface area contributed by atoms with Gasteiger partial charge < -0.3 is 10.8 Å². The number of aliphatic hydroxyl groups excluding tert-OH is 1. The molecule has 60 valence electrons. The Hall–Kier alpha value is -0.680. The van der Waals surface area contributed by atoms with Gasteiger partial charge in [-0.25, -0.2) is 0 Å². The molecule has 5 heteroatoms. The van der Waals surface area contributed by atoms with Gasteiger partial charge >= 0.3 is 0 Å². The van der Waals surface area contributed by atoms with E-state index in [1.54, 1.807) is 6.07 Å². The summed E-state index contributed by atoms with van der Waals surface area (Å²) in [6, 6.07) is 1.75. The maximum Gasteiger partial charge on any atom is 0.160 e. The molecule has 0 aromatic carbocycles. The second-order valence-corrected chi connectivity index (χ2v) is 2.90. The number of aromatic nitrogens is 2. The minimum Gasteiger partial charge on any atom is -0.396 e. The highest BCUT2D eigenvalue weighted by Crippen LogP contribution is 2.15. The average molecular weight is 218 g/mol. The van der Waals surface area contributed by atoms with Crippen LogP contribution in [-0.4, -0.2) is 21.9 Å². The van der Waals surface area contributed by atoms with E-state index in [1.165, 1.54) is 0 Å². The summed E-state index contributed by atoms with van der Waals surface area (Å²) < 4.78 is 0.718. The van der Waals surface area contributed by atoms with E-state index >= 15 is 0 Å². The third-order valence-corrected chi connectivity index (χ3v) is 1.83. The minimum absolute atomic E-state index is 0.0744. The van der Waals surface area contributed by atoms with E-state index in [9.17, 15) is 0 Å². The van der Waals surface area contributed by atoms with Crippen LogP contribution in [0.3, 0.4) is 0 Å². The molecule has 0 amide bonds. The Morgan fingerprint density at radius 1 is 1.55 bits per heavy atom. The molecule has 1 aromatic rings. The zero-order valence-corrected chi connectivity index (χ0v) is 7.37. The quantitative estimate of drug-likeness (QED) is 0.751.